The van der Waals surface area contributed by atoms with Gasteiger partial charge in [-0.3, -0.25) is 10.2 Å². The molecule has 1 aliphatic heterocycles. The molecule has 3 amide bonds. The smallest absolute Gasteiger partial charge is 0.335 e. The van der Waals surface area contributed by atoms with Crippen molar-refractivity contribution in [2.24, 2.45) is 0 Å². The fourth-order valence-corrected chi connectivity index (χ4v) is 6.53. The van der Waals surface area contributed by atoms with Crippen LogP contribution in [0.3, 0.4) is 0 Å². The summed E-state index contributed by atoms with van der Waals surface area (Å²) in [6, 6.07) is 13.0. The van der Waals surface area contributed by atoms with Gasteiger partial charge in [-0.1, -0.05) is 41.5 Å². The average molecular weight is 702 g/mol. The Bertz CT molecular complexity index is 1850. The maximum atomic E-state index is 13.8. The molecule has 1 aliphatic carbocycles. The van der Waals surface area contributed by atoms with Gasteiger partial charge in [0.2, 0.25) is 0 Å². The first kappa shape index (κ1) is 32.9. The minimum atomic E-state index is -4.43. The number of alkyl halides is 3. The highest BCUT2D eigenvalue weighted by Gasteiger charge is 2.31. The van der Waals surface area contributed by atoms with Gasteiger partial charge in [0, 0.05) is 41.8 Å². The highest BCUT2D eigenvalue weighted by Crippen LogP contribution is 2.37. The number of aromatic nitrogens is 2. The molecule has 0 spiro atoms. The van der Waals surface area contributed by atoms with Gasteiger partial charge in [0.05, 0.1) is 31.7 Å². The SMILES string of the molecule is O=C(NCc1c(C(=O)NN2CCCCC2)nn(-c2ccc(Cl)cc2Cl)c1-c1ccc(C#Cc2ccc(C(F)(F)F)cc2)s1)NC1CC1. The van der Waals surface area contributed by atoms with Gasteiger partial charge in [-0.15, -0.1) is 11.3 Å². The van der Waals surface area contributed by atoms with Crippen molar-refractivity contribution in [2.45, 2.75) is 50.9 Å². The van der Waals surface area contributed by atoms with E-state index in [4.69, 9.17) is 28.3 Å². The van der Waals surface area contributed by atoms with Crippen molar-refractivity contribution < 1.29 is 22.8 Å². The van der Waals surface area contributed by atoms with Crippen molar-refractivity contribution in [3.8, 4) is 28.1 Å². The zero-order valence-electron chi connectivity index (χ0n) is 24.9. The number of rotatable bonds is 7. The molecule has 3 N–H and O–H groups in total. The van der Waals surface area contributed by atoms with E-state index in [0.717, 1.165) is 44.2 Å². The lowest BCUT2D eigenvalue weighted by Crippen LogP contribution is -2.45. The highest BCUT2D eigenvalue weighted by molar-refractivity contribution is 7.16. The normalized spacial score (nSPS) is 15.1. The van der Waals surface area contributed by atoms with E-state index >= 15 is 0 Å². The Hall–Kier alpha value is -4.02. The predicted molar refractivity (Wildman–Crippen MR) is 176 cm³/mol. The second-order valence-corrected chi connectivity index (χ2v) is 13.2. The quantitative estimate of drug-likeness (QED) is 0.175. The summed E-state index contributed by atoms with van der Waals surface area (Å²) in [5.41, 5.74) is 4.24. The van der Waals surface area contributed by atoms with Gasteiger partial charge in [-0.25, -0.2) is 14.5 Å². The standard InChI is InChI=1S/C33H29Cl2F3N6O2S/c34-22-9-14-27(26(35)18-22)44-30(28-15-13-24(47-28)12-6-20-4-7-21(8-5-20)33(36,37)38)25(19-39-32(46)40-23-10-11-23)29(41-44)31(45)42-43-16-2-1-3-17-43/h4-5,7-9,13-15,18,23H,1-3,10-11,16-17,19H2,(H,42,45)(H2,39,40,46). The Kier molecular flexibility index (Phi) is 9.80. The number of hydrogen-bond donors (Lipinski definition) is 3. The Morgan fingerprint density at radius 3 is 2.40 bits per heavy atom. The second-order valence-electron chi connectivity index (χ2n) is 11.3. The molecule has 47 heavy (non-hydrogen) atoms. The highest BCUT2D eigenvalue weighted by atomic mass is 35.5. The number of hydrazine groups is 1. The van der Waals surface area contributed by atoms with Crippen LogP contribution in [0.25, 0.3) is 16.3 Å². The van der Waals surface area contributed by atoms with E-state index in [1.54, 1.807) is 28.9 Å². The lowest BCUT2D eigenvalue weighted by molar-refractivity contribution is -0.137. The zero-order valence-corrected chi connectivity index (χ0v) is 27.2. The van der Waals surface area contributed by atoms with Crippen LogP contribution in [0.15, 0.2) is 54.6 Å². The molecular formula is C33H29Cl2F3N6O2S. The topological polar surface area (TPSA) is 91.3 Å². The van der Waals surface area contributed by atoms with E-state index in [9.17, 15) is 22.8 Å². The summed E-state index contributed by atoms with van der Waals surface area (Å²) >= 11 is 14.2. The third-order valence-corrected chi connectivity index (χ3v) is 9.22. The number of nitrogens with one attached hydrogen (secondary N) is 3. The Morgan fingerprint density at radius 1 is 0.979 bits per heavy atom. The molecule has 6 rings (SSSR count). The van der Waals surface area contributed by atoms with Crippen LogP contribution in [0.2, 0.25) is 10.0 Å². The van der Waals surface area contributed by atoms with E-state index in [1.165, 1.54) is 23.5 Å². The van der Waals surface area contributed by atoms with E-state index in [2.05, 4.69) is 27.9 Å². The molecular weight excluding hydrogens is 672 g/mol. The minimum Gasteiger partial charge on any atom is -0.335 e. The average Bonchev–Trinajstić information content (AvgIpc) is 3.58. The lowest BCUT2D eigenvalue weighted by Gasteiger charge is -2.26. The first-order valence-electron chi connectivity index (χ1n) is 15.0. The van der Waals surface area contributed by atoms with Gasteiger partial charge in [0.15, 0.2) is 5.69 Å². The molecule has 0 atom stereocenters. The lowest BCUT2D eigenvalue weighted by atomic mass is 10.1. The number of hydrogen-bond acceptors (Lipinski definition) is 5. The summed E-state index contributed by atoms with van der Waals surface area (Å²) in [5.74, 6) is 5.51. The van der Waals surface area contributed by atoms with Crippen molar-refractivity contribution in [3.05, 3.63) is 91.9 Å². The summed E-state index contributed by atoms with van der Waals surface area (Å²) in [5, 5.41) is 13.1. The van der Waals surface area contributed by atoms with Crippen molar-refractivity contribution >= 4 is 46.5 Å². The molecule has 0 unspecified atom stereocenters. The predicted octanol–water partition coefficient (Wildman–Crippen LogP) is 7.42. The fraction of sp³-hybridized carbons (Fsp3) is 0.303. The number of benzene rings is 2. The van der Waals surface area contributed by atoms with Gasteiger partial charge in [-0.05, 0) is 80.3 Å². The van der Waals surface area contributed by atoms with Crippen molar-refractivity contribution in [2.75, 3.05) is 13.1 Å². The third-order valence-electron chi connectivity index (χ3n) is 7.67. The Balaban J connectivity index is 1.40. The molecule has 2 fully saturated rings. The fourth-order valence-electron chi connectivity index (χ4n) is 5.12. The van der Waals surface area contributed by atoms with Gasteiger partial charge in [0.1, 0.15) is 0 Å². The summed E-state index contributed by atoms with van der Waals surface area (Å²) < 4.78 is 40.5. The molecule has 2 aliphatic rings. The molecule has 2 aromatic heterocycles. The Labute approximate surface area is 283 Å². The van der Waals surface area contributed by atoms with Crippen molar-refractivity contribution in [1.82, 2.24) is 30.8 Å². The van der Waals surface area contributed by atoms with Crippen LogP contribution < -0.4 is 16.1 Å². The van der Waals surface area contributed by atoms with E-state index in [0.29, 0.717) is 55.4 Å². The van der Waals surface area contributed by atoms with Crippen LogP contribution in [-0.4, -0.2) is 45.9 Å². The number of thiophene rings is 1. The number of amides is 3. The summed E-state index contributed by atoms with van der Waals surface area (Å²) in [6.45, 7) is 1.42. The monoisotopic (exact) mass is 700 g/mol. The summed E-state index contributed by atoms with van der Waals surface area (Å²) in [7, 11) is 0. The number of carbonyl (C=O) groups excluding carboxylic acids is 2. The molecule has 2 aromatic carbocycles. The Morgan fingerprint density at radius 2 is 1.72 bits per heavy atom. The number of urea groups is 1. The first-order valence-corrected chi connectivity index (χ1v) is 16.6. The number of nitrogens with zero attached hydrogens (tertiary/aromatic N) is 3. The molecule has 0 radical (unpaired) electrons. The van der Waals surface area contributed by atoms with Gasteiger partial charge in [0.25, 0.3) is 5.91 Å². The van der Waals surface area contributed by atoms with Crippen LogP contribution in [-0.2, 0) is 12.7 Å². The van der Waals surface area contributed by atoms with Gasteiger partial charge in [-0.2, -0.15) is 18.3 Å². The molecule has 244 valence electrons. The molecule has 1 saturated carbocycles. The van der Waals surface area contributed by atoms with Gasteiger partial charge >= 0.3 is 12.2 Å². The van der Waals surface area contributed by atoms with Crippen LogP contribution in [0.5, 0.6) is 0 Å². The van der Waals surface area contributed by atoms with Crippen molar-refractivity contribution in [1.29, 1.82) is 0 Å². The van der Waals surface area contributed by atoms with Crippen LogP contribution >= 0.6 is 34.5 Å². The molecule has 1 saturated heterocycles. The summed E-state index contributed by atoms with van der Waals surface area (Å²) in [6.07, 6.45) is 0.414. The van der Waals surface area contributed by atoms with E-state index in [1.807, 2.05) is 11.1 Å². The summed E-state index contributed by atoms with van der Waals surface area (Å²) in [4.78, 5) is 27.8. The van der Waals surface area contributed by atoms with E-state index < -0.39 is 17.6 Å². The molecule has 14 heteroatoms. The maximum Gasteiger partial charge on any atom is 0.416 e. The second kappa shape index (κ2) is 14.0. The van der Waals surface area contributed by atoms with E-state index in [-0.39, 0.29) is 24.3 Å². The number of carbonyl (C=O) groups is 2. The van der Waals surface area contributed by atoms with Crippen LogP contribution in [0, 0.1) is 11.8 Å². The molecule has 4 aromatic rings. The third kappa shape index (κ3) is 8.11. The first-order chi connectivity index (χ1) is 22.5. The zero-order chi connectivity index (χ0) is 33.1. The van der Waals surface area contributed by atoms with Gasteiger partial charge < -0.3 is 10.6 Å². The largest absolute Gasteiger partial charge is 0.416 e. The maximum absolute atomic E-state index is 13.8. The molecule has 3 heterocycles. The van der Waals surface area contributed by atoms with Crippen LogP contribution in [0.1, 0.15) is 64.2 Å². The van der Waals surface area contributed by atoms with Crippen molar-refractivity contribution in [3.63, 3.8) is 0 Å². The molecule has 0 bridgehead atoms. The minimum absolute atomic E-state index is 0.00762. The number of halogens is 5. The van der Waals surface area contributed by atoms with Crippen LogP contribution in [0.4, 0.5) is 18.0 Å². The number of piperidine rings is 1. The molecule has 8 nitrogen and oxygen atoms in total.